The molecule has 0 aliphatic heterocycles. The average Bonchev–Trinajstić information content (AvgIpc) is 2.98. The molecule has 1 heterocycles. The predicted molar refractivity (Wildman–Crippen MR) is 86.9 cm³/mol. The maximum Gasteiger partial charge on any atom is 0.360 e. The van der Waals surface area contributed by atoms with Gasteiger partial charge in [0, 0.05) is 18.4 Å². The first-order valence-corrected chi connectivity index (χ1v) is 7.80. The van der Waals surface area contributed by atoms with Crippen molar-refractivity contribution in [1.29, 1.82) is 0 Å². The fourth-order valence-corrected chi connectivity index (χ4v) is 2.35. The van der Waals surface area contributed by atoms with Gasteiger partial charge in [-0.25, -0.2) is 4.79 Å². The van der Waals surface area contributed by atoms with E-state index in [1.165, 1.54) is 0 Å². The van der Waals surface area contributed by atoms with E-state index in [2.05, 4.69) is 5.16 Å². The molecule has 0 spiro atoms. The van der Waals surface area contributed by atoms with Gasteiger partial charge in [-0.15, -0.1) is 0 Å². The molecule has 0 bridgehead atoms. The number of aliphatic carboxylic acids is 1. The summed E-state index contributed by atoms with van der Waals surface area (Å²) in [4.78, 5) is 23.0. The molecule has 8 nitrogen and oxygen atoms in total. The van der Waals surface area contributed by atoms with E-state index in [4.69, 9.17) is 20.1 Å². The van der Waals surface area contributed by atoms with Crippen molar-refractivity contribution < 1.29 is 29.1 Å². The van der Waals surface area contributed by atoms with E-state index >= 15 is 0 Å². The fourth-order valence-electron chi connectivity index (χ4n) is 2.35. The number of hydrogen-bond donors (Lipinski definition) is 3. The first-order valence-electron chi connectivity index (χ1n) is 7.80. The molecule has 0 saturated heterocycles. The number of carbonyl (C=O) groups excluding carboxylic acids is 1. The summed E-state index contributed by atoms with van der Waals surface area (Å²) in [5.74, 6) is -1.74. The lowest BCUT2D eigenvalue weighted by Gasteiger charge is -2.11. The Kier molecular flexibility index (Phi) is 6.26. The maximum atomic E-state index is 12.0. The summed E-state index contributed by atoms with van der Waals surface area (Å²) in [6.07, 6.45) is -1.04. The number of benzene rings is 1. The Morgan fingerprint density at radius 3 is 2.56 bits per heavy atom. The molecule has 0 amide bonds. The summed E-state index contributed by atoms with van der Waals surface area (Å²) < 4.78 is 10.1. The highest BCUT2D eigenvalue weighted by atomic mass is 16.5. The number of carboxylic acids is 1. The van der Waals surface area contributed by atoms with Crippen LogP contribution in [0.25, 0.3) is 0 Å². The van der Waals surface area contributed by atoms with E-state index in [-0.39, 0.29) is 36.5 Å². The largest absolute Gasteiger partial charge is 0.480 e. The van der Waals surface area contributed by atoms with Gasteiger partial charge in [-0.2, -0.15) is 0 Å². The predicted octanol–water partition coefficient (Wildman–Crippen LogP) is 1.08. The molecule has 134 valence electrons. The van der Waals surface area contributed by atoms with Crippen molar-refractivity contribution >= 4 is 11.9 Å². The van der Waals surface area contributed by atoms with Gasteiger partial charge in [0.2, 0.25) is 0 Å². The minimum Gasteiger partial charge on any atom is -0.480 e. The smallest absolute Gasteiger partial charge is 0.360 e. The van der Waals surface area contributed by atoms with E-state index in [0.29, 0.717) is 5.56 Å². The minimum atomic E-state index is -1.24. The highest BCUT2D eigenvalue weighted by molar-refractivity contribution is 5.89. The zero-order chi connectivity index (χ0) is 18.4. The summed E-state index contributed by atoms with van der Waals surface area (Å²) in [5.41, 5.74) is 6.36. The molecule has 0 radical (unpaired) electrons. The van der Waals surface area contributed by atoms with E-state index in [1.807, 2.05) is 6.07 Å². The standard InChI is InChI=1S/C17H20N2O6/c1-2-24-17(23)15-11(8-12(18)16(21)22)14(25-19-15)9-13(20)10-6-4-3-5-7-10/h3-7,12-13,20H,2,8-9,18H2,1H3,(H,21,22)/t12-,13-/m0/s1. The molecule has 0 fully saturated rings. The molecule has 8 heteroatoms. The summed E-state index contributed by atoms with van der Waals surface area (Å²) in [6, 6.07) is 7.64. The molecule has 0 saturated carbocycles. The molecule has 25 heavy (non-hydrogen) atoms. The summed E-state index contributed by atoms with van der Waals surface area (Å²) >= 11 is 0. The number of carbonyl (C=O) groups is 2. The molecule has 1 aromatic heterocycles. The van der Waals surface area contributed by atoms with Crippen molar-refractivity contribution in [2.45, 2.75) is 31.9 Å². The molecule has 0 aliphatic carbocycles. The third-order valence-electron chi connectivity index (χ3n) is 3.64. The molecule has 2 atom stereocenters. The Balaban J connectivity index is 2.30. The summed E-state index contributed by atoms with van der Waals surface area (Å²) in [6.45, 7) is 1.78. The number of esters is 1. The summed E-state index contributed by atoms with van der Waals surface area (Å²) in [5, 5.41) is 23.0. The lowest BCUT2D eigenvalue weighted by Crippen LogP contribution is -2.33. The van der Waals surface area contributed by atoms with Gasteiger partial charge in [0.1, 0.15) is 11.8 Å². The van der Waals surface area contributed by atoms with Gasteiger partial charge in [0.25, 0.3) is 0 Å². The number of carboxylic acid groups (broad SMARTS) is 1. The van der Waals surface area contributed by atoms with Crippen LogP contribution in [0.5, 0.6) is 0 Å². The van der Waals surface area contributed by atoms with Gasteiger partial charge in [-0.05, 0) is 12.5 Å². The Labute approximate surface area is 144 Å². The Bertz CT molecular complexity index is 728. The first-order chi connectivity index (χ1) is 11.9. The van der Waals surface area contributed by atoms with Gasteiger partial charge in [0.15, 0.2) is 5.69 Å². The lowest BCUT2D eigenvalue weighted by molar-refractivity contribution is -0.138. The van der Waals surface area contributed by atoms with Crippen LogP contribution in [0.15, 0.2) is 34.9 Å². The first kappa shape index (κ1) is 18.6. The van der Waals surface area contributed by atoms with E-state index in [1.54, 1.807) is 31.2 Å². The van der Waals surface area contributed by atoms with Crippen LogP contribution in [0.3, 0.4) is 0 Å². The highest BCUT2D eigenvalue weighted by Gasteiger charge is 2.27. The van der Waals surface area contributed by atoms with E-state index in [9.17, 15) is 14.7 Å². The Morgan fingerprint density at radius 1 is 1.28 bits per heavy atom. The van der Waals surface area contributed by atoms with Crippen LogP contribution in [0.2, 0.25) is 0 Å². The average molecular weight is 348 g/mol. The van der Waals surface area contributed by atoms with Crippen molar-refractivity contribution in [2.75, 3.05) is 6.61 Å². The number of hydrogen-bond acceptors (Lipinski definition) is 7. The van der Waals surface area contributed by atoms with E-state index < -0.39 is 24.1 Å². The van der Waals surface area contributed by atoms with Crippen LogP contribution in [-0.4, -0.2) is 40.0 Å². The molecule has 2 aromatic rings. The van der Waals surface area contributed by atoms with Gasteiger partial charge in [0.05, 0.1) is 12.7 Å². The second-order valence-corrected chi connectivity index (χ2v) is 5.43. The van der Waals surface area contributed by atoms with Gasteiger partial charge in [-0.1, -0.05) is 35.5 Å². The van der Waals surface area contributed by atoms with E-state index in [0.717, 1.165) is 0 Å². The zero-order valence-corrected chi connectivity index (χ0v) is 13.7. The molecule has 0 aliphatic rings. The van der Waals surface area contributed by atoms with Gasteiger partial charge >= 0.3 is 11.9 Å². The molecule has 0 unspecified atom stereocenters. The summed E-state index contributed by atoms with van der Waals surface area (Å²) in [7, 11) is 0. The van der Waals surface area contributed by atoms with Crippen LogP contribution in [-0.2, 0) is 22.4 Å². The number of aliphatic hydroxyl groups is 1. The topological polar surface area (TPSA) is 136 Å². The Morgan fingerprint density at radius 2 is 1.96 bits per heavy atom. The number of nitrogens with zero attached hydrogens (tertiary/aromatic N) is 1. The van der Waals surface area contributed by atoms with Crippen molar-refractivity contribution in [3.8, 4) is 0 Å². The Hall–Kier alpha value is -2.71. The lowest BCUT2D eigenvalue weighted by atomic mass is 9.98. The van der Waals surface area contributed by atoms with Crippen molar-refractivity contribution in [3.63, 3.8) is 0 Å². The third-order valence-corrected chi connectivity index (χ3v) is 3.64. The van der Waals surface area contributed by atoms with Crippen LogP contribution in [0, 0.1) is 0 Å². The SMILES string of the molecule is CCOC(=O)c1noc(C[C@H](O)c2ccccc2)c1C[C@H](N)C(=O)O. The van der Waals surface area contributed by atoms with Crippen LogP contribution in [0.4, 0.5) is 0 Å². The molecular weight excluding hydrogens is 328 g/mol. The normalized spacial score (nSPS) is 13.2. The van der Waals surface area contributed by atoms with Crippen LogP contribution in [0.1, 0.15) is 40.4 Å². The van der Waals surface area contributed by atoms with Crippen LogP contribution >= 0.6 is 0 Å². The number of aromatic nitrogens is 1. The van der Waals surface area contributed by atoms with Crippen molar-refractivity contribution in [2.24, 2.45) is 5.73 Å². The highest BCUT2D eigenvalue weighted by Crippen LogP contribution is 2.24. The number of aliphatic hydroxyl groups excluding tert-OH is 1. The van der Waals surface area contributed by atoms with Crippen molar-refractivity contribution in [3.05, 3.63) is 52.9 Å². The second-order valence-electron chi connectivity index (χ2n) is 5.43. The zero-order valence-electron chi connectivity index (χ0n) is 13.7. The monoisotopic (exact) mass is 348 g/mol. The molecular formula is C17H20N2O6. The number of rotatable bonds is 8. The quantitative estimate of drug-likeness (QED) is 0.603. The van der Waals surface area contributed by atoms with Gasteiger partial charge in [-0.3, -0.25) is 4.79 Å². The van der Waals surface area contributed by atoms with Gasteiger partial charge < -0.3 is 25.2 Å². The molecule has 1 aromatic carbocycles. The van der Waals surface area contributed by atoms with Crippen LogP contribution < -0.4 is 5.73 Å². The third kappa shape index (κ3) is 4.65. The number of nitrogens with two attached hydrogens (primary N) is 1. The molecule has 4 N–H and O–H groups in total. The minimum absolute atomic E-state index is 0.0259. The number of ether oxygens (including phenoxy) is 1. The van der Waals surface area contributed by atoms with Crippen molar-refractivity contribution in [1.82, 2.24) is 5.16 Å². The molecule has 2 rings (SSSR count). The maximum absolute atomic E-state index is 12.0. The fraction of sp³-hybridized carbons (Fsp3) is 0.353. The second kappa shape index (κ2) is 8.41.